The molecule has 1 amide bonds. The highest BCUT2D eigenvalue weighted by atomic mass is 16.4. The molecule has 2 heterocycles. The first-order valence-electron chi connectivity index (χ1n) is 6.71. The topological polar surface area (TPSA) is 69.6 Å². The van der Waals surface area contributed by atoms with Crippen LogP contribution < -0.4 is 5.32 Å². The molecule has 0 saturated carbocycles. The molecule has 18 heavy (non-hydrogen) atoms. The zero-order chi connectivity index (χ0) is 13.4. The van der Waals surface area contributed by atoms with Gasteiger partial charge in [-0.2, -0.15) is 0 Å². The lowest BCUT2D eigenvalue weighted by Gasteiger charge is -2.30. The quantitative estimate of drug-likeness (QED) is 0.783. The lowest BCUT2D eigenvalue weighted by Crippen LogP contribution is -2.52. The molecule has 2 N–H and O–H groups in total. The summed E-state index contributed by atoms with van der Waals surface area (Å²) in [4.78, 5) is 25.6. The highest BCUT2D eigenvalue weighted by Crippen LogP contribution is 2.36. The molecule has 2 rings (SSSR count). The van der Waals surface area contributed by atoms with E-state index in [1.807, 2.05) is 13.8 Å². The van der Waals surface area contributed by atoms with Gasteiger partial charge in [0.25, 0.3) is 0 Å². The minimum atomic E-state index is -0.773. The molecule has 2 saturated heterocycles. The molecule has 5 heteroatoms. The molecule has 0 aromatic heterocycles. The van der Waals surface area contributed by atoms with Crippen LogP contribution in [-0.2, 0) is 9.59 Å². The maximum atomic E-state index is 12.5. The van der Waals surface area contributed by atoms with Gasteiger partial charge in [0.1, 0.15) is 0 Å². The second-order valence-electron chi connectivity index (χ2n) is 5.78. The van der Waals surface area contributed by atoms with E-state index in [4.69, 9.17) is 0 Å². The van der Waals surface area contributed by atoms with Crippen LogP contribution in [0.2, 0.25) is 0 Å². The number of amides is 1. The molecule has 2 atom stereocenters. The fraction of sp³-hybridized carbons (Fsp3) is 0.846. The van der Waals surface area contributed by atoms with Crippen LogP contribution in [0.1, 0.15) is 39.5 Å². The van der Waals surface area contributed by atoms with E-state index < -0.39 is 16.9 Å². The maximum Gasteiger partial charge on any atom is 0.311 e. The fourth-order valence-corrected chi connectivity index (χ4v) is 3.09. The van der Waals surface area contributed by atoms with Crippen LogP contribution >= 0.6 is 0 Å². The molecule has 0 aromatic carbocycles. The summed E-state index contributed by atoms with van der Waals surface area (Å²) in [6.45, 7) is 5.60. The third-order valence-corrected chi connectivity index (χ3v) is 4.61. The SMILES string of the molecule is CCC1(C(=O)O)CCN(C(=O)C2(C)CCCN2)C1. The van der Waals surface area contributed by atoms with E-state index in [-0.39, 0.29) is 5.91 Å². The Kier molecular flexibility index (Phi) is 3.36. The van der Waals surface area contributed by atoms with Gasteiger partial charge in [-0.05, 0) is 39.2 Å². The average molecular weight is 254 g/mol. The molecule has 102 valence electrons. The van der Waals surface area contributed by atoms with Gasteiger partial charge in [0.2, 0.25) is 5.91 Å². The molecule has 2 fully saturated rings. The van der Waals surface area contributed by atoms with E-state index in [1.54, 1.807) is 4.90 Å². The van der Waals surface area contributed by atoms with Crippen molar-refractivity contribution in [1.29, 1.82) is 0 Å². The van der Waals surface area contributed by atoms with Crippen molar-refractivity contribution >= 4 is 11.9 Å². The zero-order valence-corrected chi connectivity index (χ0v) is 11.2. The van der Waals surface area contributed by atoms with Crippen LogP contribution in [0.3, 0.4) is 0 Å². The number of hydrogen-bond acceptors (Lipinski definition) is 3. The zero-order valence-electron chi connectivity index (χ0n) is 11.2. The summed E-state index contributed by atoms with van der Waals surface area (Å²) in [6.07, 6.45) is 3.00. The smallest absolute Gasteiger partial charge is 0.311 e. The third kappa shape index (κ3) is 2.00. The molecule has 0 bridgehead atoms. The Balaban J connectivity index is 2.09. The number of nitrogens with zero attached hydrogens (tertiary/aromatic N) is 1. The molecule has 2 unspecified atom stereocenters. The number of carbonyl (C=O) groups is 2. The second-order valence-corrected chi connectivity index (χ2v) is 5.78. The van der Waals surface area contributed by atoms with Gasteiger partial charge in [-0.1, -0.05) is 6.92 Å². The maximum absolute atomic E-state index is 12.5. The Labute approximate surface area is 108 Å². The van der Waals surface area contributed by atoms with Crippen LogP contribution in [0.4, 0.5) is 0 Å². The predicted molar refractivity (Wildman–Crippen MR) is 67.2 cm³/mol. The van der Waals surface area contributed by atoms with Crippen molar-refractivity contribution in [2.75, 3.05) is 19.6 Å². The van der Waals surface area contributed by atoms with Crippen LogP contribution in [0.5, 0.6) is 0 Å². The number of likely N-dealkylation sites (tertiary alicyclic amines) is 1. The fourth-order valence-electron chi connectivity index (χ4n) is 3.09. The first-order chi connectivity index (χ1) is 8.43. The molecule has 0 radical (unpaired) electrons. The molecular weight excluding hydrogens is 232 g/mol. The number of rotatable bonds is 3. The molecule has 0 aliphatic carbocycles. The number of nitrogens with one attached hydrogen (secondary N) is 1. The van der Waals surface area contributed by atoms with Crippen molar-refractivity contribution in [1.82, 2.24) is 10.2 Å². The summed E-state index contributed by atoms with van der Waals surface area (Å²) in [5.74, 6) is -0.707. The molecule has 2 aliphatic rings. The largest absolute Gasteiger partial charge is 0.481 e. The van der Waals surface area contributed by atoms with Gasteiger partial charge in [-0.3, -0.25) is 9.59 Å². The number of hydrogen-bond donors (Lipinski definition) is 2. The van der Waals surface area contributed by atoms with Crippen LogP contribution in [0.15, 0.2) is 0 Å². The van der Waals surface area contributed by atoms with Crippen molar-refractivity contribution in [3.05, 3.63) is 0 Å². The van der Waals surface area contributed by atoms with Crippen molar-refractivity contribution in [3.8, 4) is 0 Å². The summed E-state index contributed by atoms with van der Waals surface area (Å²) in [5, 5.41) is 12.6. The predicted octanol–water partition coefficient (Wildman–Crippen LogP) is 0.842. The normalized spacial score (nSPS) is 36.0. The van der Waals surface area contributed by atoms with Crippen LogP contribution in [-0.4, -0.2) is 47.1 Å². The van der Waals surface area contributed by atoms with E-state index in [2.05, 4.69) is 5.32 Å². The second kappa shape index (κ2) is 4.53. The van der Waals surface area contributed by atoms with Crippen molar-refractivity contribution < 1.29 is 14.7 Å². The van der Waals surface area contributed by atoms with Gasteiger partial charge >= 0.3 is 5.97 Å². The monoisotopic (exact) mass is 254 g/mol. The highest BCUT2D eigenvalue weighted by Gasteiger charge is 2.48. The average Bonchev–Trinajstić information content (AvgIpc) is 2.96. The Morgan fingerprint density at radius 3 is 2.56 bits per heavy atom. The number of carboxylic acid groups (broad SMARTS) is 1. The van der Waals surface area contributed by atoms with E-state index in [9.17, 15) is 14.7 Å². The third-order valence-electron chi connectivity index (χ3n) is 4.61. The summed E-state index contributed by atoms with van der Waals surface area (Å²) < 4.78 is 0. The van der Waals surface area contributed by atoms with Gasteiger partial charge in [-0.15, -0.1) is 0 Å². The minimum Gasteiger partial charge on any atom is -0.481 e. The Morgan fingerprint density at radius 1 is 1.39 bits per heavy atom. The standard InChI is InChI=1S/C13H22N2O3/c1-3-13(11(17)18)6-8-15(9-13)10(16)12(2)5-4-7-14-12/h14H,3-9H2,1-2H3,(H,17,18). The molecular formula is C13H22N2O3. The molecule has 2 aliphatic heterocycles. The summed E-state index contributed by atoms with van der Waals surface area (Å²) >= 11 is 0. The van der Waals surface area contributed by atoms with Crippen LogP contribution in [0.25, 0.3) is 0 Å². The van der Waals surface area contributed by atoms with Gasteiger partial charge in [-0.25, -0.2) is 0 Å². The van der Waals surface area contributed by atoms with Gasteiger partial charge in [0, 0.05) is 13.1 Å². The number of carboxylic acids is 1. The van der Waals surface area contributed by atoms with E-state index in [1.165, 1.54) is 0 Å². The number of aliphatic carboxylic acids is 1. The Morgan fingerprint density at radius 2 is 2.11 bits per heavy atom. The van der Waals surface area contributed by atoms with Gasteiger partial charge in [0.05, 0.1) is 11.0 Å². The first kappa shape index (κ1) is 13.3. The van der Waals surface area contributed by atoms with E-state index in [0.717, 1.165) is 19.4 Å². The summed E-state index contributed by atoms with van der Waals surface area (Å²) in [6, 6.07) is 0. The van der Waals surface area contributed by atoms with Crippen LogP contribution in [0, 0.1) is 5.41 Å². The minimum absolute atomic E-state index is 0.0663. The summed E-state index contributed by atoms with van der Waals surface area (Å²) in [5.41, 5.74) is -1.22. The lowest BCUT2D eigenvalue weighted by molar-refractivity contribution is -0.149. The Bertz CT molecular complexity index is 363. The Hall–Kier alpha value is -1.10. The van der Waals surface area contributed by atoms with E-state index in [0.29, 0.717) is 25.9 Å². The molecule has 5 nitrogen and oxygen atoms in total. The van der Waals surface area contributed by atoms with Crippen molar-refractivity contribution in [2.24, 2.45) is 5.41 Å². The highest BCUT2D eigenvalue weighted by molar-refractivity contribution is 5.88. The lowest BCUT2D eigenvalue weighted by atomic mass is 9.84. The van der Waals surface area contributed by atoms with Gasteiger partial charge in [0.15, 0.2) is 0 Å². The number of carbonyl (C=O) groups excluding carboxylic acids is 1. The molecule has 0 spiro atoms. The van der Waals surface area contributed by atoms with Crippen molar-refractivity contribution in [2.45, 2.75) is 45.1 Å². The van der Waals surface area contributed by atoms with Crippen molar-refractivity contribution in [3.63, 3.8) is 0 Å². The summed E-state index contributed by atoms with van der Waals surface area (Å²) in [7, 11) is 0. The van der Waals surface area contributed by atoms with Gasteiger partial charge < -0.3 is 15.3 Å². The molecule has 0 aromatic rings. The first-order valence-corrected chi connectivity index (χ1v) is 6.71. The van der Waals surface area contributed by atoms with E-state index >= 15 is 0 Å².